The van der Waals surface area contributed by atoms with Crippen molar-refractivity contribution in [3.63, 3.8) is 0 Å². The van der Waals surface area contributed by atoms with E-state index in [1.807, 2.05) is 55.5 Å². The molecule has 0 saturated carbocycles. The number of carbonyl (C=O) groups is 3. The minimum atomic E-state index is -0.603. The third-order valence-corrected chi connectivity index (χ3v) is 6.16. The molecule has 0 unspecified atom stereocenters. The van der Waals surface area contributed by atoms with Gasteiger partial charge in [-0.2, -0.15) is 5.10 Å². The molecule has 1 fully saturated rings. The van der Waals surface area contributed by atoms with E-state index in [4.69, 9.17) is 4.74 Å². The number of hydrazone groups is 1. The van der Waals surface area contributed by atoms with E-state index < -0.39 is 6.04 Å². The number of hydrogen-bond donors (Lipinski definition) is 1. The van der Waals surface area contributed by atoms with Gasteiger partial charge in [0.15, 0.2) is 0 Å². The fourth-order valence-electron chi connectivity index (χ4n) is 4.25. The number of nitrogens with one attached hydrogen (secondary N) is 1. The van der Waals surface area contributed by atoms with Gasteiger partial charge in [0.05, 0.1) is 7.11 Å². The van der Waals surface area contributed by atoms with Gasteiger partial charge in [-0.1, -0.05) is 36.4 Å². The molecule has 3 amide bonds. The Kier molecular flexibility index (Phi) is 6.72. The van der Waals surface area contributed by atoms with Crippen LogP contribution in [0.25, 0.3) is 11.1 Å². The van der Waals surface area contributed by atoms with Crippen LogP contribution in [0.4, 0.5) is 0 Å². The Balaban J connectivity index is 1.55. The first-order chi connectivity index (χ1) is 16.0. The Morgan fingerprint density at radius 3 is 2.55 bits per heavy atom. The molecule has 8 heteroatoms. The van der Waals surface area contributed by atoms with Gasteiger partial charge in [-0.15, -0.1) is 0 Å². The summed E-state index contributed by atoms with van der Waals surface area (Å²) < 4.78 is 5.31. The van der Waals surface area contributed by atoms with Crippen molar-refractivity contribution in [2.24, 2.45) is 5.10 Å². The van der Waals surface area contributed by atoms with Gasteiger partial charge in [0.25, 0.3) is 5.91 Å². The van der Waals surface area contributed by atoms with Crippen LogP contribution >= 0.6 is 0 Å². The maximum atomic E-state index is 13.2. The number of amides is 3. The molecule has 2 aliphatic rings. The van der Waals surface area contributed by atoms with Crippen LogP contribution in [0.2, 0.25) is 0 Å². The average Bonchev–Trinajstić information content (AvgIpc) is 2.85. The topological polar surface area (TPSA) is 91.3 Å². The minimum absolute atomic E-state index is 0.0607. The summed E-state index contributed by atoms with van der Waals surface area (Å²) >= 11 is 0. The van der Waals surface area contributed by atoms with Crippen molar-refractivity contribution in [2.45, 2.75) is 32.2 Å². The molecule has 1 saturated heterocycles. The summed E-state index contributed by atoms with van der Waals surface area (Å²) in [5.74, 6) is 0.248. The summed E-state index contributed by atoms with van der Waals surface area (Å²) in [7, 11) is 1.64. The lowest BCUT2D eigenvalue weighted by Gasteiger charge is -2.40. The first kappa shape index (κ1) is 22.5. The Bertz CT molecular complexity index is 1080. The fraction of sp³-hybridized carbons (Fsp3) is 0.360. The largest absolute Gasteiger partial charge is 0.497 e. The normalized spacial score (nSPS) is 18.6. The summed E-state index contributed by atoms with van der Waals surface area (Å²) in [4.78, 5) is 41.1. The molecule has 2 aliphatic heterocycles. The highest BCUT2D eigenvalue weighted by Gasteiger charge is 2.38. The van der Waals surface area contributed by atoms with Crippen molar-refractivity contribution in [1.82, 2.24) is 15.2 Å². The highest BCUT2D eigenvalue weighted by Crippen LogP contribution is 2.25. The van der Waals surface area contributed by atoms with Crippen LogP contribution < -0.4 is 10.2 Å². The van der Waals surface area contributed by atoms with E-state index in [1.165, 1.54) is 0 Å². The van der Waals surface area contributed by atoms with E-state index in [9.17, 15) is 14.4 Å². The summed E-state index contributed by atoms with van der Waals surface area (Å²) in [5.41, 5.74) is 5.73. The number of likely N-dealkylation sites (N-methyl/N-ethyl adjacent to an activating group) is 1. The standard InChI is InChI=1S/C25H28N4O4/c1-3-28-13-14-29(24(31)21-11-12-23(30)27-26-21)22(25(28)32)15-17-7-9-18(10-8-17)19-5-4-6-20(16-19)33-2/h4-10,16,22H,3,11-15H2,1-2H3,(H,27,30)/t22-/m0/s1. The monoisotopic (exact) mass is 448 g/mol. The zero-order valence-corrected chi connectivity index (χ0v) is 18.9. The van der Waals surface area contributed by atoms with Crippen molar-refractivity contribution >= 4 is 23.4 Å². The lowest BCUT2D eigenvalue weighted by atomic mass is 9.97. The molecule has 0 radical (unpaired) electrons. The molecule has 2 heterocycles. The molecule has 0 spiro atoms. The Morgan fingerprint density at radius 1 is 1.09 bits per heavy atom. The van der Waals surface area contributed by atoms with Crippen LogP contribution in [0.3, 0.4) is 0 Å². The molecule has 172 valence electrons. The van der Waals surface area contributed by atoms with Crippen molar-refractivity contribution in [1.29, 1.82) is 0 Å². The van der Waals surface area contributed by atoms with Crippen LogP contribution in [0.5, 0.6) is 5.75 Å². The van der Waals surface area contributed by atoms with Gasteiger partial charge in [0, 0.05) is 38.9 Å². The lowest BCUT2D eigenvalue weighted by molar-refractivity contribution is -0.148. The van der Waals surface area contributed by atoms with Crippen molar-refractivity contribution in [3.05, 3.63) is 54.1 Å². The second-order valence-corrected chi connectivity index (χ2v) is 8.16. The van der Waals surface area contributed by atoms with Gasteiger partial charge in [0.1, 0.15) is 17.5 Å². The van der Waals surface area contributed by atoms with Crippen LogP contribution in [0.1, 0.15) is 25.3 Å². The molecule has 33 heavy (non-hydrogen) atoms. The maximum absolute atomic E-state index is 13.2. The molecule has 1 N–H and O–H groups in total. The Morgan fingerprint density at radius 2 is 1.88 bits per heavy atom. The highest BCUT2D eigenvalue weighted by atomic mass is 16.5. The second kappa shape index (κ2) is 9.85. The van der Waals surface area contributed by atoms with Crippen molar-refractivity contribution < 1.29 is 19.1 Å². The van der Waals surface area contributed by atoms with E-state index in [0.717, 1.165) is 22.4 Å². The SMILES string of the molecule is CCN1CCN(C(=O)C2=NNC(=O)CC2)[C@@H](Cc2ccc(-c3cccc(OC)c3)cc2)C1=O. The highest BCUT2D eigenvalue weighted by molar-refractivity contribution is 6.39. The number of benzene rings is 2. The van der Waals surface area contributed by atoms with Gasteiger partial charge in [-0.3, -0.25) is 14.4 Å². The smallest absolute Gasteiger partial charge is 0.270 e. The third-order valence-electron chi connectivity index (χ3n) is 6.16. The molecule has 8 nitrogen and oxygen atoms in total. The summed E-state index contributed by atoms with van der Waals surface area (Å²) in [5, 5.41) is 3.94. The van der Waals surface area contributed by atoms with E-state index in [2.05, 4.69) is 10.5 Å². The van der Waals surface area contributed by atoms with Crippen molar-refractivity contribution in [2.75, 3.05) is 26.7 Å². The van der Waals surface area contributed by atoms with Crippen LogP contribution in [0.15, 0.2) is 53.6 Å². The van der Waals surface area contributed by atoms with Crippen LogP contribution in [-0.4, -0.2) is 66.0 Å². The van der Waals surface area contributed by atoms with Gasteiger partial charge in [-0.05, 0) is 35.7 Å². The molecule has 2 aromatic carbocycles. The molecule has 1 atom stereocenters. The molecule has 2 aromatic rings. The van der Waals surface area contributed by atoms with Crippen molar-refractivity contribution in [3.8, 4) is 16.9 Å². The van der Waals surface area contributed by atoms with Crippen LogP contribution in [0, 0.1) is 0 Å². The number of carbonyl (C=O) groups excluding carboxylic acids is 3. The van der Waals surface area contributed by atoms with Gasteiger partial charge < -0.3 is 14.5 Å². The maximum Gasteiger partial charge on any atom is 0.270 e. The molecule has 0 bridgehead atoms. The number of methoxy groups -OCH3 is 1. The summed E-state index contributed by atoms with van der Waals surface area (Å²) in [6.45, 7) is 3.48. The number of rotatable bonds is 6. The zero-order chi connectivity index (χ0) is 23.4. The van der Waals surface area contributed by atoms with Gasteiger partial charge in [-0.25, -0.2) is 5.43 Å². The first-order valence-electron chi connectivity index (χ1n) is 11.2. The molecular weight excluding hydrogens is 420 g/mol. The lowest BCUT2D eigenvalue weighted by Crippen LogP contribution is -2.60. The number of nitrogens with zero attached hydrogens (tertiary/aromatic N) is 3. The number of hydrogen-bond acceptors (Lipinski definition) is 5. The van der Waals surface area contributed by atoms with Crippen LogP contribution in [-0.2, 0) is 20.8 Å². The van der Waals surface area contributed by atoms with Gasteiger partial charge in [0.2, 0.25) is 11.8 Å². The number of piperazine rings is 1. The molecular formula is C25H28N4O4. The van der Waals surface area contributed by atoms with E-state index in [-0.39, 0.29) is 30.6 Å². The minimum Gasteiger partial charge on any atom is -0.497 e. The van der Waals surface area contributed by atoms with E-state index >= 15 is 0 Å². The Hall–Kier alpha value is -3.68. The molecule has 0 aliphatic carbocycles. The molecule has 0 aromatic heterocycles. The second-order valence-electron chi connectivity index (χ2n) is 8.16. The summed E-state index contributed by atoms with van der Waals surface area (Å²) in [6, 6.07) is 15.3. The number of ether oxygens (including phenoxy) is 1. The van der Waals surface area contributed by atoms with E-state index in [1.54, 1.807) is 16.9 Å². The average molecular weight is 449 g/mol. The zero-order valence-electron chi connectivity index (χ0n) is 18.9. The third kappa shape index (κ3) is 4.89. The fourth-order valence-corrected chi connectivity index (χ4v) is 4.25. The summed E-state index contributed by atoms with van der Waals surface area (Å²) in [6.07, 6.45) is 0.928. The van der Waals surface area contributed by atoms with Gasteiger partial charge >= 0.3 is 0 Å². The Labute approximate surface area is 193 Å². The predicted octanol–water partition coefficient (Wildman–Crippen LogP) is 2.23. The predicted molar refractivity (Wildman–Crippen MR) is 125 cm³/mol. The quantitative estimate of drug-likeness (QED) is 0.734. The van der Waals surface area contributed by atoms with E-state index in [0.29, 0.717) is 31.8 Å². The first-order valence-corrected chi connectivity index (χ1v) is 11.2. The molecule has 4 rings (SSSR count).